The number of benzene rings is 2. The lowest BCUT2D eigenvalue weighted by Crippen LogP contribution is -2.49. The molecule has 0 amide bonds. The zero-order chi connectivity index (χ0) is 19.2. The van der Waals surface area contributed by atoms with Crippen LogP contribution in [0, 0.1) is 6.92 Å². The van der Waals surface area contributed by atoms with Crippen molar-refractivity contribution in [2.75, 3.05) is 24.5 Å². The van der Waals surface area contributed by atoms with E-state index in [2.05, 4.69) is 22.1 Å². The van der Waals surface area contributed by atoms with Crippen LogP contribution in [0.4, 0.5) is 5.69 Å². The first-order valence-corrected chi connectivity index (χ1v) is 10.7. The number of hydrogen-bond acceptors (Lipinski definition) is 5. The molecule has 2 heterocycles. The first kappa shape index (κ1) is 18.3. The van der Waals surface area contributed by atoms with E-state index in [0.717, 1.165) is 25.3 Å². The lowest BCUT2D eigenvalue weighted by atomic mass is 10.2. The van der Waals surface area contributed by atoms with Crippen LogP contribution in [0.25, 0.3) is 11.0 Å². The highest BCUT2D eigenvalue weighted by atomic mass is 35.5. The summed E-state index contributed by atoms with van der Waals surface area (Å²) in [6, 6.07) is 10.9. The van der Waals surface area contributed by atoms with Gasteiger partial charge in [-0.05, 0) is 43.7 Å². The third-order valence-electron chi connectivity index (χ3n) is 4.99. The predicted molar refractivity (Wildman–Crippen MR) is 108 cm³/mol. The average Bonchev–Trinajstić information content (AvgIpc) is 3.09. The maximum Gasteiger partial charge on any atom is 0.269 e. The van der Waals surface area contributed by atoms with Crippen LogP contribution in [0.2, 0.25) is 5.02 Å². The highest BCUT2D eigenvalue weighted by Gasteiger charge is 2.25. The standard InChI is InChI=1S/C19H21ClN4O2S/c1-13-11-23(10-9-21-13)16-6-4-7-17-19(16)22-12-24(17)27(25,26)18-8-3-5-15(20)14(18)2/h3-8,12-13,21H,9-11H2,1-2H3/t13-/m0/s1. The lowest BCUT2D eigenvalue weighted by molar-refractivity contribution is 0.485. The van der Waals surface area contributed by atoms with Crippen molar-refractivity contribution in [2.24, 2.45) is 0 Å². The van der Waals surface area contributed by atoms with E-state index in [1.54, 1.807) is 31.2 Å². The Bertz CT molecular complexity index is 1110. The molecule has 27 heavy (non-hydrogen) atoms. The number of nitrogens with zero attached hydrogens (tertiary/aromatic N) is 3. The molecular formula is C19H21ClN4O2S. The number of fused-ring (bicyclic) bond motifs is 1. The molecule has 1 atom stereocenters. The van der Waals surface area contributed by atoms with Crippen molar-refractivity contribution in [3.05, 3.63) is 53.3 Å². The molecule has 3 aromatic rings. The van der Waals surface area contributed by atoms with Gasteiger partial charge in [0.1, 0.15) is 11.8 Å². The molecule has 0 aliphatic carbocycles. The fourth-order valence-electron chi connectivity index (χ4n) is 3.57. The van der Waals surface area contributed by atoms with Crippen molar-refractivity contribution in [1.29, 1.82) is 0 Å². The van der Waals surface area contributed by atoms with Gasteiger partial charge in [-0.1, -0.05) is 23.7 Å². The first-order valence-electron chi connectivity index (χ1n) is 8.84. The molecule has 1 aromatic heterocycles. The molecule has 8 heteroatoms. The van der Waals surface area contributed by atoms with Crippen molar-refractivity contribution < 1.29 is 8.42 Å². The Labute approximate surface area is 163 Å². The summed E-state index contributed by atoms with van der Waals surface area (Å²) >= 11 is 6.14. The van der Waals surface area contributed by atoms with Crippen molar-refractivity contribution >= 4 is 38.3 Å². The number of hydrogen-bond donors (Lipinski definition) is 1. The van der Waals surface area contributed by atoms with Crippen molar-refractivity contribution in [3.8, 4) is 0 Å². The molecule has 4 rings (SSSR count). The molecule has 0 radical (unpaired) electrons. The van der Waals surface area contributed by atoms with Crippen LogP contribution in [0.15, 0.2) is 47.6 Å². The van der Waals surface area contributed by atoms with Crippen molar-refractivity contribution in [1.82, 2.24) is 14.3 Å². The van der Waals surface area contributed by atoms with Crippen molar-refractivity contribution in [3.63, 3.8) is 0 Å². The molecule has 0 unspecified atom stereocenters. The lowest BCUT2D eigenvalue weighted by Gasteiger charge is -2.33. The van der Waals surface area contributed by atoms with Gasteiger partial charge in [-0.15, -0.1) is 0 Å². The van der Waals surface area contributed by atoms with E-state index in [1.165, 1.54) is 10.3 Å². The minimum Gasteiger partial charge on any atom is -0.367 e. The maximum absolute atomic E-state index is 13.3. The summed E-state index contributed by atoms with van der Waals surface area (Å²) in [6.07, 6.45) is 1.38. The normalized spacial score (nSPS) is 18.2. The van der Waals surface area contributed by atoms with Crippen LogP contribution in [0.5, 0.6) is 0 Å². The smallest absolute Gasteiger partial charge is 0.269 e. The van der Waals surface area contributed by atoms with E-state index in [-0.39, 0.29) is 4.90 Å². The summed E-state index contributed by atoms with van der Waals surface area (Å²) in [6.45, 7) is 6.44. The molecular weight excluding hydrogens is 384 g/mol. The van der Waals surface area contributed by atoms with E-state index >= 15 is 0 Å². The number of halogens is 1. The highest BCUT2D eigenvalue weighted by molar-refractivity contribution is 7.90. The third-order valence-corrected chi connectivity index (χ3v) is 7.20. The fourth-order valence-corrected chi connectivity index (χ4v) is 5.34. The predicted octanol–water partition coefficient (Wildman–Crippen LogP) is 3.03. The topological polar surface area (TPSA) is 67.2 Å². The molecule has 2 aromatic carbocycles. The van der Waals surface area contributed by atoms with E-state index < -0.39 is 10.0 Å². The van der Waals surface area contributed by atoms with Crippen molar-refractivity contribution in [2.45, 2.75) is 24.8 Å². The number of nitrogens with one attached hydrogen (secondary N) is 1. The van der Waals surface area contributed by atoms with Gasteiger partial charge in [0.05, 0.1) is 16.1 Å². The molecule has 6 nitrogen and oxygen atoms in total. The number of imidazole rings is 1. The number of piperazine rings is 1. The highest BCUT2D eigenvalue weighted by Crippen LogP contribution is 2.30. The second-order valence-electron chi connectivity index (χ2n) is 6.85. The second-order valence-corrected chi connectivity index (χ2v) is 9.05. The molecule has 1 aliphatic rings. The number of aromatic nitrogens is 2. The minimum absolute atomic E-state index is 0.190. The summed E-state index contributed by atoms with van der Waals surface area (Å²) in [5.74, 6) is 0. The van der Waals surface area contributed by atoms with Gasteiger partial charge in [-0.25, -0.2) is 17.4 Å². The Morgan fingerprint density at radius 2 is 2.00 bits per heavy atom. The Morgan fingerprint density at radius 1 is 1.22 bits per heavy atom. The van der Waals surface area contributed by atoms with Gasteiger partial charge in [-0.2, -0.15) is 0 Å². The zero-order valence-corrected chi connectivity index (χ0v) is 16.8. The van der Waals surface area contributed by atoms with Gasteiger partial charge in [-0.3, -0.25) is 0 Å². The van der Waals surface area contributed by atoms with Gasteiger partial charge in [0.2, 0.25) is 0 Å². The van der Waals surface area contributed by atoms with Gasteiger partial charge >= 0.3 is 0 Å². The summed E-state index contributed by atoms with van der Waals surface area (Å²) in [4.78, 5) is 6.89. The first-order chi connectivity index (χ1) is 12.9. The summed E-state index contributed by atoms with van der Waals surface area (Å²) < 4.78 is 27.8. The molecule has 0 saturated carbocycles. The minimum atomic E-state index is -3.79. The van der Waals surface area contributed by atoms with Gasteiger partial charge < -0.3 is 10.2 Å². The number of rotatable bonds is 3. The van der Waals surface area contributed by atoms with Crippen LogP contribution in [-0.2, 0) is 10.0 Å². The molecule has 1 N–H and O–H groups in total. The SMILES string of the molecule is Cc1c(Cl)cccc1S(=O)(=O)n1cnc2c(N3CCN[C@@H](C)C3)cccc21. The van der Waals surface area contributed by atoms with Crippen LogP contribution in [0.3, 0.4) is 0 Å². The molecule has 0 bridgehead atoms. The van der Waals surface area contributed by atoms with Crippen LogP contribution >= 0.6 is 11.6 Å². The van der Waals surface area contributed by atoms with Gasteiger partial charge in [0.15, 0.2) is 0 Å². The Hall–Kier alpha value is -2.09. The third kappa shape index (κ3) is 3.09. The largest absolute Gasteiger partial charge is 0.367 e. The van der Waals surface area contributed by atoms with Gasteiger partial charge in [0, 0.05) is 30.7 Å². The van der Waals surface area contributed by atoms with Crippen LogP contribution < -0.4 is 10.2 Å². The molecule has 1 fully saturated rings. The molecule has 1 saturated heterocycles. The van der Waals surface area contributed by atoms with E-state index in [1.807, 2.05) is 12.1 Å². The van der Waals surface area contributed by atoms with Crippen LogP contribution in [0.1, 0.15) is 12.5 Å². The number of anilines is 1. The van der Waals surface area contributed by atoms with Gasteiger partial charge in [0.25, 0.3) is 10.0 Å². The molecule has 0 spiro atoms. The van der Waals surface area contributed by atoms with Crippen LogP contribution in [-0.4, -0.2) is 43.1 Å². The van der Waals surface area contributed by atoms with E-state index in [9.17, 15) is 8.42 Å². The Morgan fingerprint density at radius 3 is 2.78 bits per heavy atom. The number of para-hydroxylation sites is 1. The molecule has 142 valence electrons. The summed E-state index contributed by atoms with van der Waals surface area (Å²) in [7, 11) is -3.79. The Kier molecular flexibility index (Phi) is 4.61. The molecule has 1 aliphatic heterocycles. The maximum atomic E-state index is 13.3. The quantitative estimate of drug-likeness (QED) is 0.726. The fraction of sp³-hybridized carbons (Fsp3) is 0.316. The monoisotopic (exact) mass is 404 g/mol. The summed E-state index contributed by atoms with van der Waals surface area (Å²) in [5, 5.41) is 3.84. The van der Waals surface area contributed by atoms with E-state index in [0.29, 0.717) is 27.7 Å². The summed E-state index contributed by atoms with van der Waals surface area (Å²) in [5.41, 5.74) is 2.75. The van der Waals surface area contributed by atoms with E-state index in [4.69, 9.17) is 11.6 Å². The average molecular weight is 405 g/mol. The Balaban J connectivity index is 1.85. The zero-order valence-electron chi connectivity index (χ0n) is 15.2. The second kappa shape index (κ2) is 6.82.